The van der Waals surface area contributed by atoms with Crippen molar-refractivity contribution in [3.05, 3.63) is 11.8 Å². The van der Waals surface area contributed by atoms with Crippen LogP contribution in [0.2, 0.25) is 0 Å². The quantitative estimate of drug-likeness (QED) is 0.825. The van der Waals surface area contributed by atoms with Gasteiger partial charge in [0.25, 0.3) is 0 Å². The maximum Gasteiger partial charge on any atom is 0.399 e. The highest BCUT2D eigenvalue weighted by Crippen LogP contribution is 2.40. The van der Waals surface area contributed by atoms with Crippen LogP contribution in [-0.2, 0) is 5.41 Å². The van der Waals surface area contributed by atoms with E-state index < -0.39 is 17.6 Å². The molecule has 0 aliphatic heterocycles. The van der Waals surface area contributed by atoms with Crippen molar-refractivity contribution in [2.75, 3.05) is 5.32 Å². The SMILES string of the molecule is CC(C)(c1cc(NC(N)=O)on1)C(F)(F)F. The number of primary amides is 1. The molecule has 3 N–H and O–H groups in total. The van der Waals surface area contributed by atoms with Crippen LogP contribution in [0, 0.1) is 0 Å². The van der Waals surface area contributed by atoms with E-state index in [4.69, 9.17) is 5.73 Å². The van der Waals surface area contributed by atoms with Crippen LogP contribution >= 0.6 is 0 Å². The fourth-order valence-corrected chi connectivity index (χ4v) is 0.895. The van der Waals surface area contributed by atoms with Gasteiger partial charge in [0.2, 0.25) is 5.88 Å². The molecule has 1 rings (SSSR count). The molecule has 1 heterocycles. The first-order valence-corrected chi connectivity index (χ1v) is 4.25. The van der Waals surface area contributed by atoms with Crippen molar-refractivity contribution in [2.45, 2.75) is 25.4 Å². The molecule has 0 aliphatic carbocycles. The topological polar surface area (TPSA) is 81.1 Å². The van der Waals surface area contributed by atoms with E-state index in [0.717, 1.165) is 19.9 Å². The van der Waals surface area contributed by atoms with Gasteiger partial charge in [0.15, 0.2) is 0 Å². The van der Waals surface area contributed by atoms with Crippen LogP contribution in [-0.4, -0.2) is 17.4 Å². The molecule has 5 nitrogen and oxygen atoms in total. The fraction of sp³-hybridized carbons (Fsp3) is 0.500. The Morgan fingerprint density at radius 3 is 2.50 bits per heavy atom. The fourth-order valence-electron chi connectivity index (χ4n) is 0.895. The van der Waals surface area contributed by atoms with Gasteiger partial charge in [0, 0.05) is 6.07 Å². The van der Waals surface area contributed by atoms with Gasteiger partial charge in [0.1, 0.15) is 11.1 Å². The molecule has 2 amide bonds. The van der Waals surface area contributed by atoms with Gasteiger partial charge in [0.05, 0.1) is 0 Å². The van der Waals surface area contributed by atoms with Crippen LogP contribution in [0.3, 0.4) is 0 Å². The summed E-state index contributed by atoms with van der Waals surface area (Å²) in [6, 6.07) is 0.0469. The highest BCUT2D eigenvalue weighted by atomic mass is 19.4. The second kappa shape index (κ2) is 3.69. The monoisotopic (exact) mass is 237 g/mol. The first kappa shape index (κ1) is 12.3. The Hall–Kier alpha value is -1.73. The number of aromatic nitrogens is 1. The van der Waals surface area contributed by atoms with Crippen LogP contribution in [0.4, 0.5) is 23.8 Å². The summed E-state index contributed by atoms with van der Waals surface area (Å²) in [4.78, 5) is 10.4. The number of hydrogen-bond acceptors (Lipinski definition) is 3. The Morgan fingerprint density at radius 1 is 1.50 bits per heavy atom. The molecule has 0 aromatic carbocycles. The van der Waals surface area contributed by atoms with Gasteiger partial charge in [-0.1, -0.05) is 5.16 Å². The van der Waals surface area contributed by atoms with Gasteiger partial charge in [-0.2, -0.15) is 13.2 Å². The van der Waals surface area contributed by atoms with Crippen molar-refractivity contribution in [1.82, 2.24) is 5.16 Å². The van der Waals surface area contributed by atoms with Crippen LogP contribution in [0.1, 0.15) is 19.5 Å². The lowest BCUT2D eigenvalue weighted by atomic mass is 9.89. The molecule has 0 atom stereocenters. The third-order valence-corrected chi connectivity index (χ3v) is 2.11. The number of anilines is 1. The number of rotatable bonds is 2. The lowest BCUT2D eigenvalue weighted by Crippen LogP contribution is -2.36. The predicted octanol–water partition coefficient (Wildman–Crippen LogP) is 2.01. The van der Waals surface area contributed by atoms with Crippen molar-refractivity contribution in [1.29, 1.82) is 0 Å². The van der Waals surface area contributed by atoms with Crippen molar-refractivity contribution in [2.24, 2.45) is 5.73 Å². The molecule has 0 saturated heterocycles. The average Bonchev–Trinajstić information content (AvgIpc) is 2.49. The van der Waals surface area contributed by atoms with Crippen LogP contribution < -0.4 is 11.1 Å². The number of nitrogens with two attached hydrogens (primary N) is 1. The highest BCUT2D eigenvalue weighted by molar-refractivity contribution is 5.86. The van der Waals surface area contributed by atoms with Crippen LogP contribution in [0.15, 0.2) is 10.6 Å². The zero-order chi connectivity index (χ0) is 12.6. The highest BCUT2D eigenvalue weighted by Gasteiger charge is 2.50. The second-order valence-corrected chi connectivity index (χ2v) is 3.69. The van der Waals surface area contributed by atoms with Crippen molar-refractivity contribution < 1.29 is 22.5 Å². The minimum absolute atomic E-state index is 0.222. The zero-order valence-corrected chi connectivity index (χ0v) is 8.55. The third-order valence-electron chi connectivity index (χ3n) is 2.11. The summed E-state index contributed by atoms with van der Waals surface area (Å²) < 4.78 is 42.3. The van der Waals surface area contributed by atoms with Crippen molar-refractivity contribution >= 4 is 11.9 Å². The van der Waals surface area contributed by atoms with E-state index in [1.807, 2.05) is 5.32 Å². The van der Waals surface area contributed by atoms with Crippen LogP contribution in [0.5, 0.6) is 0 Å². The van der Waals surface area contributed by atoms with Gasteiger partial charge in [-0.15, -0.1) is 0 Å². The first-order chi connectivity index (χ1) is 7.14. The predicted molar refractivity (Wildman–Crippen MR) is 48.8 cm³/mol. The maximum absolute atomic E-state index is 12.6. The van der Waals surface area contributed by atoms with Gasteiger partial charge in [-0.3, -0.25) is 5.32 Å². The Labute approximate surface area is 88.8 Å². The molecule has 0 unspecified atom stereocenters. The number of hydrogen-bond donors (Lipinski definition) is 2. The number of halogens is 3. The Kier molecular flexibility index (Phi) is 2.85. The number of carbonyl (C=O) groups excluding carboxylic acids is 1. The first-order valence-electron chi connectivity index (χ1n) is 4.25. The van der Waals surface area contributed by atoms with Crippen LogP contribution in [0.25, 0.3) is 0 Å². The molecule has 0 spiro atoms. The third kappa shape index (κ3) is 2.26. The standard InChI is InChI=1S/C8H10F3N3O2/c1-7(2,8(9,10)11)4-3-5(16-14-4)13-6(12)15/h3H,1-2H3,(H3,12,13,15). The van der Waals surface area contributed by atoms with Crippen molar-refractivity contribution in [3.8, 4) is 0 Å². The summed E-state index contributed by atoms with van der Waals surface area (Å²) in [6.07, 6.45) is -4.46. The normalized spacial score (nSPS) is 12.6. The van der Waals surface area contributed by atoms with E-state index in [0.29, 0.717) is 0 Å². The molecule has 8 heteroatoms. The molecule has 0 fully saturated rings. The molecular formula is C8H10F3N3O2. The lowest BCUT2D eigenvalue weighted by molar-refractivity contribution is -0.181. The summed E-state index contributed by atoms with van der Waals surface area (Å²) in [5, 5.41) is 5.23. The zero-order valence-electron chi connectivity index (χ0n) is 8.55. The van der Waals surface area contributed by atoms with E-state index in [1.165, 1.54) is 0 Å². The maximum atomic E-state index is 12.6. The number of urea groups is 1. The molecule has 0 radical (unpaired) electrons. The molecule has 90 valence electrons. The summed E-state index contributed by atoms with van der Waals surface area (Å²) in [7, 11) is 0. The van der Waals surface area contributed by atoms with Crippen molar-refractivity contribution in [3.63, 3.8) is 0 Å². The molecule has 1 aromatic heterocycles. The molecule has 0 bridgehead atoms. The number of nitrogens with zero attached hydrogens (tertiary/aromatic N) is 1. The number of carbonyl (C=O) groups is 1. The Bertz CT molecular complexity index is 397. The summed E-state index contributed by atoms with van der Waals surface area (Å²) in [6.45, 7) is 1.91. The van der Waals surface area contributed by atoms with E-state index >= 15 is 0 Å². The summed E-state index contributed by atoms with van der Waals surface area (Å²) >= 11 is 0. The largest absolute Gasteiger partial charge is 0.399 e. The van der Waals surface area contributed by atoms with Gasteiger partial charge >= 0.3 is 12.2 Å². The van der Waals surface area contributed by atoms with E-state index in [-0.39, 0.29) is 11.6 Å². The van der Waals surface area contributed by atoms with E-state index in [2.05, 4.69) is 9.68 Å². The Balaban J connectivity index is 2.98. The van der Waals surface area contributed by atoms with Gasteiger partial charge in [-0.25, -0.2) is 4.79 Å². The smallest absolute Gasteiger partial charge is 0.351 e. The molecule has 16 heavy (non-hydrogen) atoms. The van der Waals surface area contributed by atoms with Gasteiger partial charge in [-0.05, 0) is 13.8 Å². The minimum Gasteiger partial charge on any atom is -0.351 e. The summed E-state index contributed by atoms with van der Waals surface area (Å²) in [5.74, 6) is -0.222. The lowest BCUT2D eigenvalue weighted by Gasteiger charge is -2.24. The van der Waals surface area contributed by atoms with E-state index in [1.54, 1.807) is 0 Å². The number of alkyl halides is 3. The second-order valence-electron chi connectivity index (χ2n) is 3.69. The number of amides is 2. The van der Waals surface area contributed by atoms with Gasteiger partial charge < -0.3 is 10.3 Å². The molecule has 0 aliphatic rings. The Morgan fingerprint density at radius 2 is 2.06 bits per heavy atom. The molecular weight excluding hydrogens is 227 g/mol. The molecule has 0 saturated carbocycles. The van der Waals surface area contributed by atoms with E-state index in [9.17, 15) is 18.0 Å². The average molecular weight is 237 g/mol. The minimum atomic E-state index is -4.46. The number of nitrogens with one attached hydrogen (secondary N) is 1. The molecule has 1 aromatic rings. The summed E-state index contributed by atoms with van der Waals surface area (Å²) in [5.41, 5.74) is 2.28.